The summed E-state index contributed by atoms with van der Waals surface area (Å²) in [6.45, 7) is 0. The third-order valence-corrected chi connectivity index (χ3v) is 3.36. The zero-order valence-electron chi connectivity index (χ0n) is 9.25. The van der Waals surface area contributed by atoms with Gasteiger partial charge in [-0.25, -0.2) is 0 Å². The van der Waals surface area contributed by atoms with Crippen LogP contribution in [0, 0.1) is 11.8 Å². The third kappa shape index (κ3) is 1.26. The Hall–Kier alpha value is -2.36. The maximum absolute atomic E-state index is 12.2. The van der Waals surface area contributed by atoms with Crippen LogP contribution in [0.5, 0.6) is 0 Å². The highest BCUT2D eigenvalue weighted by Gasteiger charge is 2.48. The van der Waals surface area contributed by atoms with Crippen molar-refractivity contribution in [1.82, 2.24) is 0 Å². The molecule has 0 saturated heterocycles. The minimum absolute atomic E-state index is 0.137. The number of fused-ring (bicyclic) bond motifs is 2. The van der Waals surface area contributed by atoms with E-state index in [9.17, 15) is 19.2 Å². The molecule has 0 aliphatic heterocycles. The highest BCUT2D eigenvalue weighted by Crippen LogP contribution is 2.36. The minimum atomic E-state index is -1.05. The predicted molar refractivity (Wildman–Crippen MR) is 61.5 cm³/mol. The van der Waals surface area contributed by atoms with Crippen molar-refractivity contribution in [1.29, 1.82) is 0 Å². The van der Waals surface area contributed by atoms with Crippen molar-refractivity contribution >= 4 is 23.1 Å². The largest absolute Gasteiger partial charge is 0.294 e. The quantitative estimate of drug-likeness (QED) is 0.578. The maximum atomic E-state index is 12.2. The van der Waals surface area contributed by atoms with Crippen LogP contribution in [0.4, 0.5) is 0 Å². The first kappa shape index (κ1) is 10.8. The first-order valence-corrected chi connectivity index (χ1v) is 5.54. The van der Waals surface area contributed by atoms with Gasteiger partial charge in [0.25, 0.3) is 0 Å². The van der Waals surface area contributed by atoms with E-state index >= 15 is 0 Å². The van der Waals surface area contributed by atoms with Crippen LogP contribution in [0.2, 0.25) is 0 Å². The average Bonchev–Trinajstić information content (AvgIpc) is 2.35. The molecule has 4 heteroatoms. The van der Waals surface area contributed by atoms with Gasteiger partial charge in [-0.2, -0.15) is 0 Å². The standard InChI is InChI=1S/C14H8O4/c15-9-5-1-3-7-11(9)14(18)8-4-2-6-10(16)12(8)13(7)17/h1-6,11-12H. The lowest BCUT2D eigenvalue weighted by atomic mass is 9.67. The Morgan fingerprint density at radius 2 is 1.06 bits per heavy atom. The zero-order chi connectivity index (χ0) is 12.9. The molecule has 4 nitrogen and oxygen atoms in total. The molecule has 2 atom stereocenters. The fourth-order valence-electron chi connectivity index (χ4n) is 2.51. The molecule has 2 unspecified atom stereocenters. The first-order valence-electron chi connectivity index (χ1n) is 5.54. The highest BCUT2D eigenvalue weighted by atomic mass is 16.2. The molecule has 3 aliphatic carbocycles. The molecule has 0 aromatic carbocycles. The fraction of sp³-hybridized carbons (Fsp3) is 0.143. The minimum Gasteiger partial charge on any atom is -0.294 e. The van der Waals surface area contributed by atoms with Crippen LogP contribution in [0.3, 0.4) is 0 Å². The average molecular weight is 240 g/mol. The maximum Gasteiger partial charge on any atom is 0.175 e. The smallest absolute Gasteiger partial charge is 0.175 e. The Labute approximate surface area is 102 Å². The van der Waals surface area contributed by atoms with Gasteiger partial charge in [0.2, 0.25) is 0 Å². The summed E-state index contributed by atoms with van der Waals surface area (Å²) in [6.07, 6.45) is 8.35. The monoisotopic (exact) mass is 240 g/mol. The van der Waals surface area contributed by atoms with E-state index in [-0.39, 0.29) is 11.1 Å². The summed E-state index contributed by atoms with van der Waals surface area (Å²) in [6, 6.07) is 0. The Balaban J connectivity index is 2.19. The molecular formula is C14H8O4. The van der Waals surface area contributed by atoms with E-state index in [0.29, 0.717) is 0 Å². The lowest BCUT2D eigenvalue weighted by molar-refractivity contribution is -0.136. The molecule has 3 aliphatic rings. The van der Waals surface area contributed by atoms with Gasteiger partial charge in [-0.3, -0.25) is 19.2 Å². The van der Waals surface area contributed by atoms with Crippen LogP contribution >= 0.6 is 0 Å². The molecule has 0 N–H and O–H groups in total. The van der Waals surface area contributed by atoms with Crippen LogP contribution in [0.1, 0.15) is 0 Å². The van der Waals surface area contributed by atoms with Crippen LogP contribution in [0.25, 0.3) is 0 Å². The van der Waals surface area contributed by atoms with E-state index in [0.717, 1.165) is 0 Å². The number of carbonyl (C=O) groups excluding carboxylic acids is 4. The van der Waals surface area contributed by atoms with E-state index in [1.165, 1.54) is 36.5 Å². The molecule has 18 heavy (non-hydrogen) atoms. The normalized spacial score (nSPS) is 29.8. The molecule has 88 valence electrons. The van der Waals surface area contributed by atoms with E-state index in [4.69, 9.17) is 0 Å². The van der Waals surface area contributed by atoms with Crippen molar-refractivity contribution in [3.63, 3.8) is 0 Å². The second kappa shape index (κ2) is 3.57. The van der Waals surface area contributed by atoms with Crippen molar-refractivity contribution in [3.05, 3.63) is 47.6 Å². The van der Waals surface area contributed by atoms with Crippen molar-refractivity contribution in [2.45, 2.75) is 0 Å². The second-order valence-corrected chi connectivity index (χ2v) is 4.36. The molecule has 0 aromatic rings. The topological polar surface area (TPSA) is 68.3 Å². The number of allylic oxidation sites excluding steroid dienone is 8. The summed E-state index contributed by atoms with van der Waals surface area (Å²) in [5.74, 6) is -3.76. The van der Waals surface area contributed by atoms with Crippen LogP contribution in [-0.2, 0) is 19.2 Å². The van der Waals surface area contributed by atoms with E-state index in [1.54, 1.807) is 0 Å². The Bertz CT molecular complexity index is 572. The number of hydrogen-bond donors (Lipinski definition) is 0. The van der Waals surface area contributed by atoms with Crippen LogP contribution in [-0.4, -0.2) is 23.1 Å². The van der Waals surface area contributed by atoms with Crippen molar-refractivity contribution in [3.8, 4) is 0 Å². The molecule has 0 heterocycles. The summed E-state index contributed by atoms with van der Waals surface area (Å²) in [5.41, 5.74) is 0.275. The SMILES string of the molecule is O=C1C=CC=C2C(=O)C3C(=O)C=CC=C3C(=O)C12. The van der Waals surface area contributed by atoms with Gasteiger partial charge in [-0.15, -0.1) is 0 Å². The lowest BCUT2D eigenvalue weighted by Crippen LogP contribution is -2.44. The molecule has 1 saturated carbocycles. The van der Waals surface area contributed by atoms with Crippen molar-refractivity contribution < 1.29 is 19.2 Å². The van der Waals surface area contributed by atoms with E-state index in [1.807, 2.05) is 0 Å². The summed E-state index contributed by atoms with van der Waals surface area (Å²) in [4.78, 5) is 47.8. The number of ketones is 4. The molecule has 0 spiro atoms. The van der Waals surface area contributed by atoms with Crippen molar-refractivity contribution in [2.75, 3.05) is 0 Å². The zero-order valence-corrected chi connectivity index (χ0v) is 9.25. The van der Waals surface area contributed by atoms with Gasteiger partial charge in [-0.05, 0) is 12.2 Å². The van der Waals surface area contributed by atoms with E-state index < -0.39 is 35.0 Å². The van der Waals surface area contributed by atoms with Crippen molar-refractivity contribution in [2.24, 2.45) is 11.8 Å². The lowest BCUT2D eigenvalue weighted by Gasteiger charge is -2.30. The predicted octanol–water partition coefficient (Wildman–Crippen LogP) is 0.501. The third-order valence-electron chi connectivity index (χ3n) is 3.36. The van der Waals surface area contributed by atoms with Gasteiger partial charge in [0, 0.05) is 11.1 Å². The Morgan fingerprint density at radius 3 is 1.44 bits per heavy atom. The van der Waals surface area contributed by atoms with Crippen LogP contribution in [0.15, 0.2) is 47.6 Å². The Kier molecular flexibility index (Phi) is 2.13. The van der Waals surface area contributed by atoms with Gasteiger partial charge in [0.15, 0.2) is 23.1 Å². The molecule has 0 amide bonds. The fourth-order valence-corrected chi connectivity index (χ4v) is 2.51. The molecular weight excluding hydrogens is 232 g/mol. The summed E-state index contributed by atoms with van der Waals surface area (Å²) in [5, 5.41) is 0. The highest BCUT2D eigenvalue weighted by molar-refractivity contribution is 6.33. The first-order chi connectivity index (χ1) is 8.61. The molecule has 3 rings (SSSR count). The Morgan fingerprint density at radius 1 is 0.667 bits per heavy atom. The number of rotatable bonds is 0. The summed E-state index contributed by atoms with van der Waals surface area (Å²) < 4.78 is 0. The van der Waals surface area contributed by atoms with Gasteiger partial charge < -0.3 is 0 Å². The van der Waals surface area contributed by atoms with Gasteiger partial charge in [0.05, 0.1) is 0 Å². The van der Waals surface area contributed by atoms with Gasteiger partial charge >= 0.3 is 0 Å². The van der Waals surface area contributed by atoms with Gasteiger partial charge in [-0.1, -0.05) is 24.3 Å². The van der Waals surface area contributed by atoms with Gasteiger partial charge in [0.1, 0.15) is 11.8 Å². The second-order valence-electron chi connectivity index (χ2n) is 4.36. The van der Waals surface area contributed by atoms with Crippen LogP contribution < -0.4 is 0 Å². The van der Waals surface area contributed by atoms with E-state index in [2.05, 4.69) is 0 Å². The molecule has 1 fully saturated rings. The number of hydrogen-bond acceptors (Lipinski definition) is 4. The molecule has 0 aromatic heterocycles. The summed E-state index contributed by atoms with van der Waals surface area (Å²) >= 11 is 0. The summed E-state index contributed by atoms with van der Waals surface area (Å²) in [7, 11) is 0. The molecule has 0 radical (unpaired) electrons. The number of carbonyl (C=O) groups is 4. The molecule has 0 bridgehead atoms. The number of Topliss-reactive ketones (excluding diaryl/α,β-unsaturated/α-hetero) is 2.